The van der Waals surface area contributed by atoms with E-state index in [1.807, 2.05) is 62.5 Å². The molecule has 0 saturated carbocycles. The van der Waals surface area contributed by atoms with Crippen molar-refractivity contribution in [2.45, 2.75) is 25.8 Å². The number of benzene rings is 2. The van der Waals surface area contributed by atoms with Crippen LogP contribution in [0.2, 0.25) is 0 Å². The van der Waals surface area contributed by atoms with E-state index in [0.29, 0.717) is 13.1 Å². The molecule has 0 bridgehead atoms. The number of para-hydroxylation sites is 1. The highest BCUT2D eigenvalue weighted by molar-refractivity contribution is 7.88. The van der Waals surface area contributed by atoms with Crippen LogP contribution in [-0.2, 0) is 28.9 Å². The molecule has 8 heteroatoms. The first-order valence-electron chi connectivity index (χ1n) is 9.49. The molecule has 2 N–H and O–H groups in total. The molecule has 0 aliphatic heterocycles. The maximum Gasteiger partial charge on any atom is 0.215 e. The van der Waals surface area contributed by atoms with Gasteiger partial charge in [-0.25, -0.2) is 18.1 Å². The molecule has 0 unspecified atom stereocenters. The van der Waals surface area contributed by atoms with Crippen LogP contribution < -0.4 is 14.8 Å². The third-order valence-corrected chi connectivity index (χ3v) is 5.73. The largest absolute Gasteiger partial charge is 0.496 e. The molecule has 0 aliphatic carbocycles. The molecule has 0 atom stereocenters. The fourth-order valence-corrected chi connectivity index (χ4v) is 3.61. The Morgan fingerprint density at radius 1 is 1.10 bits per heavy atom. The normalized spacial score (nSPS) is 11.9. The highest BCUT2D eigenvalue weighted by atomic mass is 32.2. The van der Waals surface area contributed by atoms with Gasteiger partial charge in [0.2, 0.25) is 10.0 Å². The number of nitrogens with one attached hydrogen (secondary N) is 2. The van der Waals surface area contributed by atoms with Gasteiger partial charge in [-0.1, -0.05) is 42.5 Å². The minimum atomic E-state index is -3.27. The van der Waals surface area contributed by atoms with Crippen LogP contribution in [0.4, 0.5) is 0 Å². The summed E-state index contributed by atoms with van der Waals surface area (Å²) in [5.41, 5.74) is 2.84. The molecule has 0 radical (unpaired) electrons. The Bertz CT molecular complexity index is 912. The van der Waals surface area contributed by atoms with Gasteiger partial charge in [0.15, 0.2) is 5.96 Å². The SMILES string of the molecule is CCNC(=NCc1ccc(CS(=O)(=O)NC)cc1)N(C)Cc1ccccc1OC. The van der Waals surface area contributed by atoms with Gasteiger partial charge in [0.25, 0.3) is 0 Å². The molecule has 7 nitrogen and oxygen atoms in total. The second kappa shape index (κ2) is 10.8. The summed E-state index contributed by atoms with van der Waals surface area (Å²) in [5.74, 6) is 1.61. The van der Waals surface area contributed by atoms with Crippen LogP contribution >= 0.6 is 0 Å². The van der Waals surface area contributed by atoms with Gasteiger partial charge in [-0.05, 0) is 31.2 Å². The number of ether oxygens (including phenoxy) is 1. The van der Waals surface area contributed by atoms with Crippen LogP contribution in [-0.4, -0.2) is 47.0 Å². The number of hydrogen-bond acceptors (Lipinski definition) is 4. The van der Waals surface area contributed by atoms with E-state index < -0.39 is 10.0 Å². The number of guanidine groups is 1. The molecule has 2 aromatic carbocycles. The maximum atomic E-state index is 11.7. The first-order valence-corrected chi connectivity index (χ1v) is 11.1. The Morgan fingerprint density at radius 2 is 1.76 bits per heavy atom. The van der Waals surface area contributed by atoms with E-state index in [2.05, 4.69) is 14.9 Å². The highest BCUT2D eigenvalue weighted by Gasteiger charge is 2.11. The van der Waals surface area contributed by atoms with Crippen molar-refractivity contribution in [2.75, 3.05) is 27.7 Å². The summed E-state index contributed by atoms with van der Waals surface area (Å²) in [5, 5.41) is 3.31. The minimum Gasteiger partial charge on any atom is -0.496 e. The van der Waals surface area contributed by atoms with Gasteiger partial charge in [-0.2, -0.15) is 0 Å². The maximum absolute atomic E-state index is 11.7. The zero-order chi connectivity index (χ0) is 21.3. The molecular weight excluding hydrogens is 388 g/mol. The summed E-state index contributed by atoms with van der Waals surface area (Å²) in [6.07, 6.45) is 0. The summed E-state index contributed by atoms with van der Waals surface area (Å²) in [7, 11) is 1.81. The van der Waals surface area contributed by atoms with Gasteiger partial charge in [0.1, 0.15) is 5.75 Å². The Labute approximate surface area is 173 Å². The van der Waals surface area contributed by atoms with Crippen molar-refractivity contribution in [1.82, 2.24) is 14.9 Å². The van der Waals surface area contributed by atoms with E-state index >= 15 is 0 Å². The van der Waals surface area contributed by atoms with Crippen LogP contribution in [0, 0.1) is 0 Å². The molecule has 0 aromatic heterocycles. The molecule has 2 aromatic rings. The van der Waals surface area contributed by atoms with Gasteiger partial charge in [0, 0.05) is 25.7 Å². The van der Waals surface area contributed by atoms with Gasteiger partial charge < -0.3 is 15.0 Å². The fourth-order valence-electron chi connectivity index (χ4n) is 2.83. The topological polar surface area (TPSA) is 83.0 Å². The third kappa shape index (κ3) is 7.07. The lowest BCUT2D eigenvalue weighted by atomic mass is 10.1. The van der Waals surface area contributed by atoms with Crippen molar-refractivity contribution >= 4 is 16.0 Å². The molecule has 0 spiro atoms. The predicted molar refractivity (Wildman–Crippen MR) is 117 cm³/mol. The zero-order valence-electron chi connectivity index (χ0n) is 17.5. The van der Waals surface area contributed by atoms with Crippen molar-refractivity contribution in [3.05, 3.63) is 65.2 Å². The van der Waals surface area contributed by atoms with Crippen molar-refractivity contribution in [2.24, 2.45) is 4.99 Å². The number of rotatable bonds is 9. The summed E-state index contributed by atoms with van der Waals surface area (Å²) in [6.45, 7) is 3.95. The number of sulfonamides is 1. The first kappa shape index (κ1) is 22.7. The van der Waals surface area contributed by atoms with E-state index in [4.69, 9.17) is 9.73 Å². The van der Waals surface area contributed by atoms with Crippen molar-refractivity contribution in [3.63, 3.8) is 0 Å². The summed E-state index contributed by atoms with van der Waals surface area (Å²) in [6, 6.07) is 15.4. The van der Waals surface area contributed by atoms with E-state index in [9.17, 15) is 8.42 Å². The van der Waals surface area contributed by atoms with Crippen molar-refractivity contribution < 1.29 is 13.2 Å². The molecule has 0 saturated heterocycles. The standard InChI is InChI=1S/C21H30N4O3S/c1-5-23-21(25(3)15-19-8-6-7-9-20(19)28-4)24-14-17-10-12-18(13-11-17)16-29(26,27)22-2/h6-13,22H,5,14-16H2,1-4H3,(H,23,24). The number of aliphatic imine (C=N–C) groups is 1. The van der Waals surface area contributed by atoms with E-state index in [-0.39, 0.29) is 5.75 Å². The summed E-state index contributed by atoms with van der Waals surface area (Å²) in [4.78, 5) is 6.77. The molecular formula is C21H30N4O3S. The van der Waals surface area contributed by atoms with Crippen LogP contribution in [0.25, 0.3) is 0 Å². The van der Waals surface area contributed by atoms with Crippen LogP contribution in [0.1, 0.15) is 23.6 Å². The predicted octanol–water partition coefficient (Wildman–Crippen LogP) is 2.34. The van der Waals surface area contributed by atoms with Gasteiger partial charge in [-0.3, -0.25) is 0 Å². The lowest BCUT2D eigenvalue weighted by molar-refractivity contribution is 0.396. The molecule has 0 amide bonds. The van der Waals surface area contributed by atoms with Gasteiger partial charge in [-0.15, -0.1) is 0 Å². The summed E-state index contributed by atoms with van der Waals surface area (Å²) >= 11 is 0. The number of methoxy groups -OCH3 is 1. The monoisotopic (exact) mass is 418 g/mol. The van der Waals surface area contributed by atoms with Crippen LogP contribution in [0.5, 0.6) is 5.75 Å². The Kier molecular flexibility index (Phi) is 8.48. The fraction of sp³-hybridized carbons (Fsp3) is 0.381. The lowest BCUT2D eigenvalue weighted by Crippen LogP contribution is -2.38. The zero-order valence-corrected chi connectivity index (χ0v) is 18.3. The quantitative estimate of drug-likeness (QED) is 0.482. The minimum absolute atomic E-state index is 0.0304. The second-order valence-corrected chi connectivity index (χ2v) is 8.54. The Hall–Kier alpha value is -2.58. The second-order valence-electron chi connectivity index (χ2n) is 6.62. The Morgan fingerprint density at radius 3 is 2.38 bits per heavy atom. The first-order chi connectivity index (χ1) is 13.9. The van der Waals surface area contributed by atoms with E-state index in [1.54, 1.807) is 7.11 Å². The number of hydrogen-bond donors (Lipinski definition) is 2. The molecule has 0 aliphatic rings. The lowest BCUT2D eigenvalue weighted by Gasteiger charge is -2.23. The summed E-state index contributed by atoms with van der Waals surface area (Å²) < 4.78 is 31.1. The van der Waals surface area contributed by atoms with Crippen molar-refractivity contribution in [3.8, 4) is 5.75 Å². The average molecular weight is 419 g/mol. The number of nitrogens with zero attached hydrogens (tertiary/aromatic N) is 2. The molecule has 0 heterocycles. The van der Waals surface area contributed by atoms with Gasteiger partial charge >= 0.3 is 0 Å². The third-order valence-electron chi connectivity index (χ3n) is 4.40. The van der Waals surface area contributed by atoms with E-state index in [0.717, 1.165) is 34.9 Å². The molecule has 29 heavy (non-hydrogen) atoms. The average Bonchev–Trinajstić information content (AvgIpc) is 2.72. The van der Waals surface area contributed by atoms with Crippen LogP contribution in [0.3, 0.4) is 0 Å². The highest BCUT2D eigenvalue weighted by Crippen LogP contribution is 2.19. The van der Waals surface area contributed by atoms with Crippen molar-refractivity contribution in [1.29, 1.82) is 0 Å². The smallest absolute Gasteiger partial charge is 0.215 e. The van der Waals surface area contributed by atoms with E-state index in [1.165, 1.54) is 7.05 Å². The molecule has 158 valence electrons. The molecule has 0 fully saturated rings. The Balaban J connectivity index is 2.08. The van der Waals surface area contributed by atoms with Crippen LogP contribution in [0.15, 0.2) is 53.5 Å². The van der Waals surface area contributed by atoms with Gasteiger partial charge in [0.05, 0.1) is 19.4 Å². The molecule has 2 rings (SSSR count).